The lowest BCUT2D eigenvalue weighted by molar-refractivity contribution is 0.340. The minimum Gasteiger partial charge on any atom is -0.494 e. The maximum Gasteiger partial charge on any atom is 0.119 e. The van der Waals surface area contributed by atoms with Crippen molar-refractivity contribution in [2.24, 2.45) is 0 Å². The number of halogens is 1. The van der Waals surface area contributed by atoms with Gasteiger partial charge in [0.15, 0.2) is 0 Å². The quantitative estimate of drug-likeness (QED) is 0.832. The van der Waals surface area contributed by atoms with Crippen molar-refractivity contribution in [2.45, 2.75) is 26.8 Å². The molecule has 0 radical (unpaired) electrons. The van der Waals surface area contributed by atoms with Gasteiger partial charge in [0.25, 0.3) is 0 Å². The molecule has 0 spiro atoms. The first-order valence-electron chi connectivity index (χ1n) is 7.37. The SMILES string of the molecule is CCNC(c1ccc(OCC)cc1)c1cc(C)cc(Cl)c1. The Morgan fingerprint density at radius 1 is 1.05 bits per heavy atom. The molecule has 0 heterocycles. The summed E-state index contributed by atoms with van der Waals surface area (Å²) in [4.78, 5) is 0. The van der Waals surface area contributed by atoms with Crippen LogP contribution in [0.4, 0.5) is 0 Å². The largest absolute Gasteiger partial charge is 0.494 e. The van der Waals surface area contributed by atoms with Crippen molar-refractivity contribution in [1.82, 2.24) is 5.32 Å². The van der Waals surface area contributed by atoms with E-state index in [1.54, 1.807) is 0 Å². The normalized spacial score (nSPS) is 12.2. The zero-order valence-corrected chi connectivity index (χ0v) is 13.6. The minimum absolute atomic E-state index is 0.142. The van der Waals surface area contributed by atoms with Crippen molar-refractivity contribution < 1.29 is 4.74 Å². The summed E-state index contributed by atoms with van der Waals surface area (Å²) in [6.45, 7) is 7.74. The van der Waals surface area contributed by atoms with Crippen LogP contribution in [0.1, 0.15) is 36.6 Å². The van der Waals surface area contributed by atoms with E-state index in [9.17, 15) is 0 Å². The Labute approximate surface area is 132 Å². The maximum atomic E-state index is 6.20. The first-order chi connectivity index (χ1) is 10.1. The van der Waals surface area contributed by atoms with Crippen LogP contribution >= 0.6 is 11.6 Å². The average Bonchev–Trinajstić information content (AvgIpc) is 2.45. The Morgan fingerprint density at radius 3 is 2.33 bits per heavy atom. The Balaban J connectivity index is 2.33. The molecule has 0 amide bonds. The third-order valence-corrected chi connectivity index (χ3v) is 3.55. The molecule has 2 rings (SSSR count). The highest BCUT2D eigenvalue weighted by Gasteiger charge is 2.14. The third kappa shape index (κ3) is 4.23. The summed E-state index contributed by atoms with van der Waals surface area (Å²) in [7, 11) is 0. The zero-order chi connectivity index (χ0) is 15.2. The van der Waals surface area contributed by atoms with E-state index in [-0.39, 0.29) is 6.04 Å². The van der Waals surface area contributed by atoms with Crippen molar-refractivity contribution in [1.29, 1.82) is 0 Å². The molecule has 0 bridgehead atoms. The molecule has 3 heteroatoms. The van der Waals surface area contributed by atoms with Gasteiger partial charge in [-0.1, -0.05) is 36.7 Å². The number of hydrogen-bond acceptors (Lipinski definition) is 2. The van der Waals surface area contributed by atoms with E-state index in [4.69, 9.17) is 16.3 Å². The van der Waals surface area contributed by atoms with Gasteiger partial charge < -0.3 is 10.1 Å². The second-order valence-corrected chi connectivity index (χ2v) is 5.49. The molecule has 2 aromatic rings. The van der Waals surface area contributed by atoms with E-state index in [0.29, 0.717) is 6.61 Å². The van der Waals surface area contributed by atoms with Crippen LogP contribution < -0.4 is 10.1 Å². The summed E-state index contributed by atoms with van der Waals surface area (Å²) in [5.74, 6) is 0.902. The van der Waals surface area contributed by atoms with Crippen molar-refractivity contribution in [3.8, 4) is 5.75 Å². The molecule has 1 unspecified atom stereocenters. The van der Waals surface area contributed by atoms with Crippen LogP contribution in [0.25, 0.3) is 0 Å². The molecular weight excluding hydrogens is 282 g/mol. The van der Waals surface area contributed by atoms with Gasteiger partial charge in [-0.2, -0.15) is 0 Å². The van der Waals surface area contributed by atoms with Crippen molar-refractivity contribution in [2.75, 3.05) is 13.2 Å². The smallest absolute Gasteiger partial charge is 0.119 e. The van der Waals surface area contributed by atoms with Crippen LogP contribution in [0, 0.1) is 6.92 Å². The van der Waals surface area contributed by atoms with Gasteiger partial charge in [-0.25, -0.2) is 0 Å². The van der Waals surface area contributed by atoms with Gasteiger partial charge in [0, 0.05) is 5.02 Å². The van der Waals surface area contributed by atoms with E-state index < -0.39 is 0 Å². The number of nitrogens with one attached hydrogen (secondary N) is 1. The number of rotatable bonds is 6. The molecule has 0 aliphatic rings. The van der Waals surface area contributed by atoms with Crippen LogP contribution in [0.5, 0.6) is 5.75 Å². The molecule has 2 nitrogen and oxygen atoms in total. The number of benzene rings is 2. The molecule has 0 fully saturated rings. The molecule has 0 aromatic heterocycles. The van der Waals surface area contributed by atoms with Crippen LogP contribution in [0.3, 0.4) is 0 Å². The molecule has 2 aromatic carbocycles. The number of aryl methyl sites for hydroxylation is 1. The summed E-state index contributed by atoms with van der Waals surface area (Å²) >= 11 is 6.20. The van der Waals surface area contributed by atoms with Gasteiger partial charge in [-0.05, 0) is 61.3 Å². The van der Waals surface area contributed by atoms with E-state index in [2.05, 4.69) is 37.4 Å². The standard InChI is InChI=1S/C18H22ClNO/c1-4-20-18(15-10-13(3)11-16(19)12-15)14-6-8-17(9-7-14)21-5-2/h6-12,18,20H,4-5H2,1-3H3. The molecule has 0 aliphatic heterocycles. The predicted octanol–water partition coefficient (Wildman–Crippen LogP) is 4.75. The van der Waals surface area contributed by atoms with Crippen LogP contribution in [-0.2, 0) is 0 Å². The zero-order valence-electron chi connectivity index (χ0n) is 12.8. The van der Waals surface area contributed by atoms with Gasteiger partial charge in [-0.15, -0.1) is 0 Å². The fourth-order valence-corrected chi connectivity index (χ4v) is 2.78. The highest BCUT2D eigenvalue weighted by molar-refractivity contribution is 6.30. The Bertz CT molecular complexity index is 560. The molecule has 0 saturated heterocycles. The summed E-state index contributed by atoms with van der Waals surface area (Å²) < 4.78 is 5.50. The van der Waals surface area contributed by atoms with Gasteiger partial charge in [0.2, 0.25) is 0 Å². The summed E-state index contributed by atoms with van der Waals surface area (Å²) in [5.41, 5.74) is 3.57. The van der Waals surface area contributed by atoms with Crippen molar-refractivity contribution in [3.63, 3.8) is 0 Å². The van der Waals surface area contributed by atoms with E-state index in [0.717, 1.165) is 17.3 Å². The van der Waals surface area contributed by atoms with Crippen LogP contribution in [0.2, 0.25) is 5.02 Å². The fourth-order valence-electron chi connectivity index (χ4n) is 2.49. The molecule has 21 heavy (non-hydrogen) atoms. The van der Waals surface area contributed by atoms with Gasteiger partial charge in [0.05, 0.1) is 12.6 Å². The lowest BCUT2D eigenvalue weighted by Gasteiger charge is -2.20. The fraction of sp³-hybridized carbons (Fsp3) is 0.333. The second-order valence-electron chi connectivity index (χ2n) is 5.05. The van der Waals surface area contributed by atoms with Crippen molar-refractivity contribution in [3.05, 3.63) is 64.2 Å². The minimum atomic E-state index is 0.142. The molecule has 0 aliphatic carbocycles. The monoisotopic (exact) mass is 303 g/mol. The molecule has 0 saturated carbocycles. The lowest BCUT2D eigenvalue weighted by Crippen LogP contribution is -2.22. The Kier molecular flexibility index (Phi) is 5.66. The highest BCUT2D eigenvalue weighted by atomic mass is 35.5. The lowest BCUT2D eigenvalue weighted by atomic mass is 9.97. The Morgan fingerprint density at radius 2 is 1.76 bits per heavy atom. The maximum absolute atomic E-state index is 6.20. The topological polar surface area (TPSA) is 21.3 Å². The third-order valence-electron chi connectivity index (χ3n) is 3.33. The first-order valence-corrected chi connectivity index (χ1v) is 7.75. The number of hydrogen-bond donors (Lipinski definition) is 1. The number of ether oxygens (including phenoxy) is 1. The van der Waals surface area contributed by atoms with E-state index >= 15 is 0 Å². The average molecular weight is 304 g/mol. The van der Waals surface area contributed by atoms with E-state index in [1.807, 2.05) is 31.2 Å². The first kappa shape index (κ1) is 15.9. The van der Waals surface area contributed by atoms with Crippen LogP contribution in [-0.4, -0.2) is 13.2 Å². The highest BCUT2D eigenvalue weighted by Crippen LogP contribution is 2.27. The van der Waals surface area contributed by atoms with Gasteiger partial charge in [0.1, 0.15) is 5.75 Å². The van der Waals surface area contributed by atoms with E-state index in [1.165, 1.54) is 16.7 Å². The molecule has 1 atom stereocenters. The van der Waals surface area contributed by atoms with Gasteiger partial charge in [-0.3, -0.25) is 0 Å². The predicted molar refractivity (Wildman–Crippen MR) is 89.3 cm³/mol. The molecular formula is C18H22ClNO. The summed E-state index contributed by atoms with van der Waals surface area (Å²) in [6, 6.07) is 14.6. The molecule has 1 N–H and O–H groups in total. The van der Waals surface area contributed by atoms with Crippen molar-refractivity contribution >= 4 is 11.6 Å². The second kappa shape index (κ2) is 7.48. The summed E-state index contributed by atoms with van der Waals surface area (Å²) in [6.07, 6.45) is 0. The summed E-state index contributed by atoms with van der Waals surface area (Å²) in [5, 5.41) is 4.30. The molecule has 112 valence electrons. The Hall–Kier alpha value is -1.51. The van der Waals surface area contributed by atoms with Gasteiger partial charge >= 0.3 is 0 Å². The van der Waals surface area contributed by atoms with Crippen LogP contribution in [0.15, 0.2) is 42.5 Å².